The Labute approximate surface area is 164 Å². The maximum absolute atomic E-state index is 12.7. The number of hydrogen-bond acceptors (Lipinski definition) is 4. The molecule has 2 aromatic carbocycles. The Hall–Kier alpha value is -2.99. The summed E-state index contributed by atoms with van der Waals surface area (Å²) in [6, 6.07) is 20.0. The lowest BCUT2D eigenvalue weighted by Gasteiger charge is -2.23. The number of hydrogen-bond donors (Lipinski definition) is 1. The minimum absolute atomic E-state index is 0.00345. The Balaban J connectivity index is 1.33. The molecule has 1 atom stereocenters. The number of rotatable bonds is 7. The third-order valence-corrected chi connectivity index (χ3v) is 4.97. The molecule has 0 bridgehead atoms. The van der Waals surface area contributed by atoms with Crippen LogP contribution in [0.3, 0.4) is 0 Å². The molecule has 4 rings (SSSR count). The van der Waals surface area contributed by atoms with Crippen LogP contribution in [0.15, 0.2) is 60.7 Å². The summed E-state index contributed by atoms with van der Waals surface area (Å²) in [5.41, 5.74) is 2.15. The molecule has 0 saturated carbocycles. The van der Waals surface area contributed by atoms with Gasteiger partial charge in [0.05, 0.1) is 19.1 Å². The third-order valence-electron chi connectivity index (χ3n) is 4.97. The zero-order valence-corrected chi connectivity index (χ0v) is 15.8. The van der Waals surface area contributed by atoms with Gasteiger partial charge < -0.3 is 14.6 Å². The topological polar surface area (TPSA) is 69.0 Å². The van der Waals surface area contributed by atoms with Gasteiger partial charge in [0.1, 0.15) is 5.82 Å². The van der Waals surface area contributed by atoms with E-state index in [1.54, 1.807) is 0 Å². The predicted molar refractivity (Wildman–Crippen MR) is 107 cm³/mol. The highest BCUT2D eigenvalue weighted by Crippen LogP contribution is 2.30. The van der Waals surface area contributed by atoms with Gasteiger partial charge in [0.15, 0.2) is 5.82 Å². The van der Waals surface area contributed by atoms with Crippen LogP contribution in [-0.4, -0.2) is 33.8 Å². The van der Waals surface area contributed by atoms with Gasteiger partial charge in [-0.1, -0.05) is 60.7 Å². The highest BCUT2D eigenvalue weighted by Gasteiger charge is 2.30. The standard InChI is InChI=1S/C22H24N4O2/c27-22(23-13-15-28-16-17-8-3-1-4-9-17)19-12-7-14-26-20(24-25-21(19)26)18-10-5-2-6-11-18/h1-6,8-11,19H,7,12-16H2,(H,23,27). The van der Waals surface area contributed by atoms with Crippen molar-refractivity contribution >= 4 is 5.91 Å². The fraction of sp³-hybridized carbons (Fsp3) is 0.318. The predicted octanol–water partition coefficient (Wildman–Crippen LogP) is 3.16. The second-order valence-corrected chi connectivity index (χ2v) is 6.92. The molecular weight excluding hydrogens is 352 g/mol. The first-order chi connectivity index (χ1) is 13.8. The van der Waals surface area contributed by atoms with Gasteiger partial charge >= 0.3 is 0 Å². The molecule has 1 amide bonds. The van der Waals surface area contributed by atoms with Crippen molar-refractivity contribution in [3.8, 4) is 11.4 Å². The smallest absolute Gasteiger partial charge is 0.230 e. The van der Waals surface area contributed by atoms with Gasteiger partial charge in [-0.2, -0.15) is 0 Å². The van der Waals surface area contributed by atoms with Gasteiger partial charge in [-0.3, -0.25) is 4.79 Å². The van der Waals surface area contributed by atoms with Crippen molar-refractivity contribution < 1.29 is 9.53 Å². The van der Waals surface area contributed by atoms with Gasteiger partial charge in [-0.05, 0) is 18.4 Å². The van der Waals surface area contributed by atoms with Crippen molar-refractivity contribution in [2.24, 2.45) is 0 Å². The number of carbonyl (C=O) groups is 1. The Morgan fingerprint density at radius 1 is 1.07 bits per heavy atom. The van der Waals surface area contributed by atoms with Crippen LogP contribution in [0.2, 0.25) is 0 Å². The van der Waals surface area contributed by atoms with E-state index in [2.05, 4.69) is 20.1 Å². The molecule has 0 spiro atoms. The van der Waals surface area contributed by atoms with Crippen molar-refractivity contribution in [3.63, 3.8) is 0 Å². The molecule has 1 aliphatic rings. The molecule has 144 valence electrons. The first-order valence-corrected chi connectivity index (χ1v) is 9.71. The van der Waals surface area contributed by atoms with E-state index < -0.39 is 0 Å². The van der Waals surface area contributed by atoms with Gasteiger partial charge in [0, 0.05) is 18.7 Å². The van der Waals surface area contributed by atoms with Crippen LogP contribution in [0.1, 0.15) is 30.1 Å². The number of fused-ring (bicyclic) bond motifs is 1. The highest BCUT2D eigenvalue weighted by molar-refractivity contribution is 5.83. The summed E-state index contributed by atoms with van der Waals surface area (Å²) in [6.07, 6.45) is 1.73. The van der Waals surface area contributed by atoms with Crippen molar-refractivity contribution in [2.45, 2.75) is 31.9 Å². The van der Waals surface area contributed by atoms with Gasteiger partial charge in [-0.25, -0.2) is 0 Å². The SMILES string of the molecule is O=C(NCCOCc1ccccc1)C1CCCn2c(-c3ccccc3)nnc21. The number of amides is 1. The molecule has 1 aliphatic heterocycles. The third kappa shape index (κ3) is 4.12. The van der Waals surface area contributed by atoms with E-state index in [1.165, 1.54) is 0 Å². The summed E-state index contributed by atoms with van der Waals surface area (Å²) in [5.74, 6) is 1.33. The summed E-state index contributed by atoms with van der Waals surface area (Å²) in [6.45, 7) is 2.36. The van der Waals surface area contributed by atoms with Gasteiger partial charge in [0.2, 0.25) is 5.91 Å². The molecule has 0 saturated heterocycles. The number of nitrogens with one attached hydrogen (secondary N) is 1. The molecule has 28 heavy (non-hydrogen) atoms. The summed E-state index contributed by atoms with van der Waals surface area (Å²) >= 11 is 0. The molecule has 1 unspecified atom stereocenters. The zero-order chi connectivity index (χ0) is 19.2. The number of ether oxygens (including phenoxy) is 1. The first-order valence-electron chi connectivity index (χ1n) is 9.71. The monoisotopic (exact) mass is 376 g/mol. The van der Waals surface area contributed by atoms with Crippen molar-refractivity contribution in [3.05, 3.63) is 72.1 Å². The summed E-state index contributed by atoms with van der Waals surface area (Å²) in [5, 5.41) is 11.7. The van der Waals surface area contributed by atoms with Crippen LogP contribution in [0, 0.1) is 0 Å². The lowest BCUT2D eigenvalue weighted by molar-refractivity contribution is -0.123. The van der Waals surface area contributed by atoms with Crippen LogP contribution >= 0.6 is 0 Å². The largest absolute Gasteiger partial charge is 0.375 e. The molecule has 0 aliphatic carbocycles. The Morgan fingerprint density at radius 3 is 2.61 bits per heavy atom. The fourth-order valence-corrected chi connectivity index (χ4v) is 3.56. The summed E-state index contributed by atoms with van der Waals surface area (Å²) < 4.78 is 7.72. The van der Waals surface area contributed by atoms with Gasteiger partial charge in [0.25, 0.3) is 0 Å². The van der Waals surface area contributed by atoms with Crippen molar-refractivity contribution in [2.75, 3.05) is 13.2 Å². The Kier molecular flexibility index (Phi) is 5.77. The molecule has 1 aromatic heterocycles. The van der Waals surface area contributed by atoms with Crippen molar-refractivity contribution in [1.82, 2.24) is 20.1 Å². The normalized spacial score (nSPS) is 15.8. The zero-order valence-electron chi connectivity index (χ0n) is 15.8. The van der Waals surface area contributed by atoms with Crippen LogP contribution in [0.25, 0.3) is 11.4 Å². The number of aromatic nitrogens is 3. The molecule has 6 heteroatoms. The minimum Gasteiger partial charge on any atom is -0.375 e. The fourth-order valence-electron chi connectivity index (χ4n) is 3.56. The maximum atomic E-state index is 12.7. The van der Waals surface area contributed by atoms with Crippen LogP contribution in [0.4, 0.5) is 0 Å². The van der Waals surface area contributed by atoms with E-state index in [-0.39, 0.29) is 11.8 Å². The number of benzene rings is 2. The lowest BCUT2D eigenvalue weighted by atomic mass is 9.97. The molecule has 2 heterocycles. The van der Waals surface area contributed by atoms with E-state index in [9.17, 15) is 4.79 Å². The van der Waals surface area contributed by atoms with E-state index in [1.807, 2.05) is 60.7 Å². The van der Waals surface area contributed by atoms with Crippen LogP contribution in [-0.2, 0) is 22.7 Å². The molecule has 3 aromatic rings. The average Bonchev–Trinajstić information content (AvgIpc) is 3.19. The van der Waals surface area contributed by atoms with E-state index >= 15 is 0 Å². The molecule has 0 radical (unpaired) electrons. The highest BCUT2D eigenvalue weighted by atomic mass is 16.5. The Bertz CT molecular complexity index is 909. The van der Waals surface area contributed by atoms with E-state index in [0.29, 0.717) is 19.8 Å². The van der Waals surface area contributed by atoms with Gasteiger partial charge in [-0.15, -0.1) is 10.2 Å². The average molecular weight is 376 g/mol. The number of carbonyl (C=O) groups excluding carboxylic acids is 1. The van der Waals surface area contributed by atoms with E-state index in [0.717, 1.165) is 42.2 Å². The maximum Gasteiger partial charge on any atom is 0.230 e. The second-order valence-electron chi connectivity index (χ2n) is 6.92. The Morgan fingerprint density at radius 2 is 1.82 bits per heavy atom. The number of nitrogens with zero attached hydrogens (tertiary/aromatic N) is 3. The lowest BCUT2D eigenvalue weighted by Crippen LogP contribution is -2.35. The summed E-state index contributed by atoms with van der Waals surface area (Å²) in [4.78, 5) is 12.7. The van der Waals surface area contributed by atoms with Crippen LogP contribution in [0.5, 0.6) is 0 Å². The molecule has 1 N–H and O–H groups in total. The summed E-state index contributed by atoms with van der Waals surface area (Å²) in [7, 11) is 0. The molecular formula is C22H24N4O2. The molecule has 6 nitrogen and oxygen atoms in total. The second kappa shape index (κ2) is 8.80. The minimum atomic E-state index is -0.257. The van der Waals surface area contributed by atoms with E-state index in [4.69, 9.17) is 4.74 Å². The first kappa shape index (κ1) is 18.4. The quantitative estimate of drug-likeness (QED) is 0.643. The van der Waals surface area contributed by atoms with Crippen molar-refractivity contribution in [1.29, 1.82) is 0 Å². The molecule has 0 fully saturated rings. The van der Waals surface area contributed by atoms with Crippen LogP contribution < -0.4 is 5.32 Å².